The molecule has 0 bridgehead atoms. The van der Waals surface area contributed by atoms with Crippen molar-refractivity contribution in [2.75, 3.05) is 13.1 Å². The number of hydrogen-bond donors (Lipinski definition) is 4. The zero-order valence-corrected chi connectivity index (χ0v) is 8.03. The highest BCUT2D eigenvalue weighted by molar-refractivity contribution is 5.75. The SMILES string of the molecule is NC(=O)CNCCCC[C@H](N)C(=O)O. The van der Waals surface area contributed by atoms with Crippen LogP contribution in [0.4, 0.5) is 0 Å². The number of nitrogens with one attached hydrogen (secondary N) is 1. The van der Waals surface area contributed by atoms with Crippen molar-refractivity contribution in [3.05, 3.63) is 0 Å². The molecule has 1 atom stereocenters. The lowest BCUT2D eigenvalue weighted by Gasteiger charge is -2.05. The minimum atomic E-state index is -0.977. The second-order valence-corrected chi connectivity index (χ2v) is 3.08. The monoisotopic (exact) mass is 203 g/mol. The number of aliphatic carboxylic acids is 1. The Morgan fingerprint density at radius 2 is 2.00 bits per heavy atom. The van der Waals surface area contributed by atoms with E-state index in [1.54, 1.807) is 0 Å². The van der Waals surface area contributed by atoms with Crippen LogP contribution in [0.15, 0.2) is 0 Å². The highest BCUT2D eigenvalue weighted by atomic mass is 16.4. The Kier molecular flexibility index (Phi) is 6.69. The smallest absolute Gasteiger partial charge is 0.320 e. The number of unbranched alkanes of at least 4 members (excludes halogenated alkanes) is 1. The van der Waals surface area contributed by atoms with E-state index in [1.165, 1.54) is 0 Å². The van der Waals surface area contributed by atoms with E-state index in [9.17, 15) is 9.59 Å². The number of primary amides is 1. The molecule has 0 aliphatic carbocycles. The summed E-state index contributed by atoms with van der Waals surface area (Å²) >= 11 is 0. The molecular formula is C8H17N3O3. The van der Waals surface area contributed by atoms with Gasteiger partial charge in [0, 0.05) is 0 Å². The van der Waals surface area contributed by atoms with Crippen LogP contribution >= 0.6 is 0 Å². The van der Waals surface area contributed by atoms with Crippen molar-refractivity contribution in [3.8, 4) is 0 Å². The molecule has 0 spiro atoms. The maximum absolute atomic E-state index is 10.3. The molecule has 0 aliphatic heterocycles. The van der Waals surface area contributed by atoms with Crippen molar-refractivity contribution in [1.29, 1.82) is 0 Å². The molecule has 0 fully saturated rings. The van der Waals surface area contributed by atoms with Crippen molar-refractivity contribution >= 4 is 11.9 Å². The maximum Gasteiger partial charge on any atom is 0.320 e. The van der Waals surface area contributed by atoms with Gasteiger partial charge in [0.2, 0.25) is 5.91 Å². The Bertz CT molecular complexity index is 196. The average Bonchev–Trinajstić information content (AvgIpc) is 2.09. The normalized spacial score (nSPS) is 12.4. The van der Waals surface area contributed by atoms with Gasteiger partial charge in [-0.15, -0.1) is 0 Å². The third kappa shape index (κ3) is 7.51. The van der Waals surface area contributed by atoms with Gasteiger partial charge in [0.25, 0.3) is 0 Å². The number of hydrogen-bond acceptors (Lipinski definition) is 4. The van der Waals surface area contributed by atoms with E-state index in [-0.39, 0.29) is 6.54 Å². The molecule has 6 nitrogen and oxygen atoms in total. The zero-order valence-electron chi connectivity index (χ0n) is 8.03. The molecule has 0 rings (SSSR count). The number of carbonyl (C=O) groups excluding carboxylic acids is 1. The van der Waals surface area contributed by atoms with E-state index < -0.39 is 17.9 Å². The van der Waals surface area contributed by atoms with Crippen LogP contribution in [-0.2, 0) is 9.59 Å². The minimum absolute atomic E-state index is 0.158. The van der Waals surface area contributed by atoms with Gasteiger partial charge >= 0.3 is 5.97 Å². The van der Waals surface area contributed by atoms with Gasteiger partial charge in [0.15, 0.2) is 0 Å². The highest BCUT2D eigenvalue weighted by Gasteiger charge is 2.09. The Hall–Kier alpha value is -1.14. The van der Waals surface area contributed by atoms with Crippen LogP contribution in [0, 0.1) is 0 Å². The van der Waals surface area contributed by atoms with E-state index in [0.717, 1.165) is 12.8 Å². The van der Waals surface area contributed by atoms with Gasteiger partial charge in [-0.1, -0.05) is 6.42 Å². The highest BCUT2D eigenvalue weighted by Crippen LogP contribution is 1.97. The first-order valence-electron chi connectivity index (χ1n) is 4.51. The first kappa shape index (κ1) is 12.9. The molecule has 0 aliphatic rings. The van der Waals surface area contributed by atoms with Crippen molar-refractivity contribution in [1.82, 2.24) is 5.32 Å². The second-order valence-electron chi connectivity index (χ2n) is 3.08. The van der Waals surface area contributed by atoms with Crippen LogP contribution in [0.25, 0.3) is 0 Å². The fourth-order valence-corrected chi connectivity index (χ4v) is 0.949. The van der Waals surface area contributed by atoms with Gasteiger partial charge in [-0.2, -0.15) is 0 Å². The number of amides is 1. The van der Waals surface area contributed by atoms with Crippen molar-refractivity contribution in [2.45, 2.75) is 25.3 Å². The van der Waals surface area contributed by atoms with Crippen LogP contribution in [0.3, 0.4) is 0 Å². The molecule has 0 unspecified atom stereocenters. The van der Waals surface area contributed by atoms with Crippen molar-refractivity contribution in [3.63, 3.8) is 0 Å². The van der Waals surface area contributed by atoms with Gasteiger partial charge < -0.3 is 21.9 Å². The first-order chi connectivity index (χ1) is 6.54. The summed E-state index contributed by atoms with van der Waals surface area (Å²) in [5.41, 5.74) is 10.2. The van der Waals surface area contributed by atoms with Gasteiger partial charge in [0.05, 0.1) is 6.54 Å². The van der Waals surface area contributed by atoms with Gasteiger partial charge in [-0.25, -0.2) is 0 Å². The predicted octanol–water partition coefficient (Wildman–Crippen LogP) is -1.36. The molecule has 0 saturated heterocycles. The third-order valence-electron chi connectivity index (χ3n) is 1.74. The number of nitrogens with two attached hydrogens (primary N) is 2. The minimum Gasteiger partial charge on any atom is -0.480 e. The fourth-order valence-electron chi connectivity index (χ4n) is 0.949. The van der Waals surface area contributed by atoms with Gasteiger partial charge in [0.1, 0.15) is 6.04 Å². The molecule has 6 heteroatoms. The molecular weight excluding hydrogens is 186 g/mol. The van der Waals surface area contributed by atoms with Gasteiger partial charge in [-0.05, 0) is 19.4 Å². The molecule has 0 saturated carbocycles. The van der Waals surface area contributed by atoms with Crippen molar-refractivity contribution in [2.24, 2.45) is 11.5 Å². The van der Waals surface area contributed by atoms with Crippen molar-refractivity contribution < 1.29 is 14.7 Å². The van der Waals surface area contributed by atoms with E-state index in [2.05, 4.69) is 5.32 Å². The van der Waals surface area contributed by atoms with E-state index >= 15 is 0 Å². The summed E-state index contributed by atoms with van der Waals surface area (Å²) in [6, 6.07) is -0.786. The van der Waals surface area contributed by atoms with Crippen LogP contribution in [-0.4, -0.2) is 36.1 Å². The van der Waals surface area contributed by atoms with Crippen LogP contribution < -0.4 is 16.8 Å². The molecule has 0 aromatic carbocycles. The summed E-state index contributed by atoms with van der Waals surface area (Å²) in [5, 5.41) is 11.3. The molecule has 0 heterocycles. The molecule has 14 heavy (non-hydrogen) atoms. The Morgan fingerprint density at radius 3 is 2.50 bits per heavy atom. The Labute approximate surface area is 82.6 Å². The van der Waals surface area contributed by atoms with Crippen LogP contribution in [0.5, 0.6) is 0 Å². The molecule has 0 radical (unpaired) electrons. The summed E-state index contributed by atoms with van der Waals surface area (Å²) in [5.74, 6) is -1.37. The Balaban J connectivity index is 3.21. The quantitative estimate of drug-likeness (QED) is 0.363. The zero-order chi connectivity index (χ0) is 11.0. The molecule has 0 aromatic heterocycles. The van der Waals surface area contributed by atoms with Crippen LogP contribution in [0.2, 0.25) is 0 Å². The summed E-state index contributed by atoms with van der Waals surface area (Å²) in [4.78, 5) is 20.6. The van der Waals surface area contributed by atoms with Crippen LogP contribution in [0.1, 0.15) is 19.3 Å². The van der Waals surface area contributed by atoms with E-state index in [4.69, 9.17) is 16.6 Å². The first-order valence-corrected chi connectivity index (χ1v) is 4.51. The topological polar surface area (TPSA) is 118 Å². The summed E-state index contributed by atoms with van der Waals surface area (Å²) in [6.45, 7) is 0.806. The van der Waals surface area contributed by atoms with E-state index in [0.29, 0.717) is 13.0 Å². The Morgan fingerprint density at radius 1 is 1.36 bits per heavy atom. The molecule has 0 aromatic rings. The lowest BCUT2D eigenvalue weighted by molar-refractivity contribution is -0.138. The average molecular weight is 203 g/mol. The van der Waals surface area contributed by atoms with E-state index in [1.807, 2.05) is 0 Å². The lowest BCUT2D eigenvalue weighted by atomic mass is 10.1. The number of carboxylic acid groups (broad SMARTS) is 1. The van der Waals surface area contributed by atoms with Gasteiger partial charge in [-0.3, -0.25) is 9.59 Å². The number of rotatable bonds is 8. The fraction of sp³-hybridized carbons (Fsp3) is 0.750. The summed E-state index contributed by atoms with van der Waals surface area (Å²) in [6.07, 6.45) is 1.96. The molecule has 1 amide bonds. The standard InChI is InChI=1S/C8H17N3O3/c9-6(8(13)14)3-1-2-4-11-5-7(10)12/h6,11H,1-5,9H2,(H2,10,12)(H,13,14)/t6-/m0/s1. The third-order valence-corrected chi connectivity index (χ3v) is 1.74. The second kappa shape index (κ2) is 7.28. The molecule has 6 N–H and O–H groups in total. The lowest BCUT2D eigenvalue weighted by Crippen LogP contribution is -2.31. The maximum atomic E-state index is 10.3. The summed E-state index contributed by atoms with van der Waals surface area (Å²) in [7, 11) is 0. The predicted molar refractivity (Wildman–Crippen MR) is 51.5 cm³/mol. The molecule has 82 valence electrons. The largest absolute Gasteiger partial charge is 0.480 e. The summed E-state index contributed by atoms with van der Waals surface area (Å²) < 4.78 is 0. The number of carboxylic acids is 1. The number of carbonyl (C=O) groups is 2.